The van der Waals surface area contributed by atoms with Gasteiger partial charge < -0.3 is 9.99 Å². The normalized spacial score (nSPS) is 10.4. The van der Waals surface area contributed by atoms with Gasteiger partial charge in [-0.05, 0) is 24.6 Å². The van der Waals surface area contributed by atoms with Gasteiger partial charge in [0.2, 0.25) is 0 Å². The molecule has 0 unspecified atom stereocenters. The highest BCUT2D eigenvalue weighted by molar-refractivity contribution is 5.35. The summed E-state index contributed by atoms with van der Waals surface area (Å²) in [6.45, 7) is 2.56. The van der Waals surface area contributed by atoms with E-state index in [0.29, 0.717) is 12.4 Å². The van der Waals surface area contributed by atoms with Gasteiger partial charge >= 0.3 is 5.69 Å². The molecular weight excluding hydrogens is 246 g/mol. The minimum Gasteiger partial charge on any atom is -0.308 e. The summed E-state index contributed by atoms with van der Waals surface area (Å²) in [5, 5.41) is 0. The van der Waals surface area contributed by atoms with Crippen LogP contribution in [0, 0.1) is 0 Å². The molecule has 2 heterocycles. The Morgan fingerprint density at radius 3 is 2.84 bits per heavy atom. The predicted molar refractivity (Wildman–Crippen MR) is 71.8 cm³/mol. The Morgan fingerprint density at radius 1 is 1.37 bits per heavy atom. The second-order valence-electron chi connectivity index (χ2n) is 4.00. The fraction of sp³-hybridized carbons (Fsp3) is 0.250. The number of rotatable bonds is 4. The number of hydrogen-bond acceptors (Lipinski definition) is 5. The summed E-state index contributed by atoms with van der Waals surface area (Å²) in [7, 11) is 0. The Labute approximate surface area is 109 Å². The number of hydrogen-bond donors (Lipinski definition) is 2. The molecule has 7 heteroatoms. The van der Waals surface area contributed by atoms with Gasteiger partial charge in [0.25, 0.3) is 5.56 Å². The summed E-state index contributed by atoms with van der Waals surface area (Å²) in [4.78, 5) is 27.8. The molecule has 2 aromatic heterocycles. The van der Waals surface area contributed by atoms with E-state index < -0.39 is 0 Å². The van der Waals surface area contributed by atoms with E-state index in [2.05, 4.69) is 10.4 Å². The fourth-order valence-corrected chi connectivity index (χ4v) is 1.78. The van der Waals surface area contributed by atoms with Gasteiger partial charge in [0.05, 0.1) is 6.54 Å². The number of anilines is 1. The smallest absolute Gasteiger partial charge is 0.308 e. The number of nitrogens with two attached hydrogens (primary N) is 1. The van der Waals surface area contributed by atoms with Crippen LogP contribution in [0.5, 0.6) is 0 Å². The highest BCUT2D eigenvalue weighted by Gasteiger charge is 2.05. The molecule has 0 atom stereocenters. The summed E-state index contributed by atoms with van der Waals surface area (Å²) < 4.78 is 2.66. The van der Waals surface area contributed by atoms with Crippen molar-refractivity contribution in [3.63, 3.8) is 0 Å². The Bertz CT molecular complexity index is 689. The number of nitrogens with one attached hydrogen (secondary N) is 1. The van der Waals surface area contributed by atoms with Gasteiger partial charge in [-0.2, -0.15) is 0 Å². The van der Waals surface area contributed by atoms with Crippen molar-refractivity contribution in [2.75, 3.05) is 5.43 Å². The van der Waals surface area contributed by atoms with Crippen LogP contribution >= 0.6 is 0 Å². The summed E-state index contributed by atoms with van der Waals surface area (Å²) in [5.74, 6) is 5.75. The molecule has 7 nitrogen and oxygen atoms in total. The molecule has 0 spiro atoms. The fourth-order valence-electron chi connectivity index (χ4n) is 1.78. The van der Waals surface area contributed by atoms with E-state index in [1.165, 1.54) is 21.4 Å². The van der Waals surface area contributed by atoms with E-state index in [1.54, 1.807) is 18.3 Å². The zero-order valence-electron chi connectivity index (χ0n) is 10.5. The number of aromatic nitrogens is 3. The zero-order chi connectivity index (χ0) is 13.8. The molecule has 19 heavy (non-hydrogen) atoms. The van der Waals surface area contributed by atoms with E-state index in [4.69, 9.17) is 5.84 Å². The lowest BCUT2D eigenvalue weighted by molar-refractivity contribution is 0.600. The number of aryl methyl sites for hydroxylation is 1. The lowest BCUT2D eigenvalue weighted by Gasteiger charge is -2.08. The molecule has 0 fully saturated rings. The van der Waals surface area contributed by atoms with Crippen molar-refractivity contribution in [1.29, 1.82) is 0 Å². The lowest BCUT2D eigenvalue weighted by atomic mass is 10.2. The standard InChI is InChI=1S/C12H15N5O2/c1-2-16-6-4-11(18)17(12(16)19)8-9-3-5-14-10(7-9)15-13/h3-7H,2,8,13H2,1H3,(H,14,15). The van der Waals surface area contributed by atoms with Crippen LogP contribution in [0.3, 0.4) is 0 Å². The van der Waals surface area contributed by atoms with Crippen molar-refractivity contribution in [2.45, 2.75) is 20.0 Å². The average molecular weight is 261 g/mol. The molecule has 100 valence electrons. The maximum absolute atomic E-state index is 12.0. The van der Waals surface area contributed by atoms with Crippen LogP contribution in [0.4, 0.5) is 5.82 Å². The Hall–Kier alpha value is -2.41. The topological polar surface area (TPSA) is 94.9 Å². The van der Waals surface area contributed by atoms with E-state index in [1.807, 2.05) is 6.92 Å². The quantitative estimate of drug-likeness (QED) is 0.585. The van der Waals surface area contributed by atoms with Crippen molar-refractivity contribution in [3.8, 4) is 0 Å². The molecule has 0 aliphatic rings. The van der Waals surface area contributed by atoms with Crippen molar-refractivity contribution in [3.05, 3.63) is 57.0 Å². The maximum Gasteiger partial charge on any atom is 0.331 e. The molecule has 0 aromatic carbocycles. The van der Waals surface area contributed by atoms with Gasteiger partial charge in [0.1, 0.15) is 5.82 Å². The molecule has 0 bridgehead atoms. The highest BCUT2D eigenvalue weighted by atomic mass is 16.2. The number of nitrogen functional groups attached to an aromatic ring is 1. The molecule has 0 amide bonds. The van der Waals surface area contributed by atoms with Gasteiger partial charge in [-0.3, -0.25) is 9.36 Å². The maximum atomic E-state index is 12.0. The number of pyridine rings is 1. The van der Waals surface area contributed by atoms with Crippen LogP contribution in [0.1, 0.15) is 12.5 Å². The SMILES string of the molecule is CCn1ccc(=O)n(Cc2ccnc(NN)c2)c1=O. The van der Waals surface area contributed by atoms with Gasteiger partial charge in [0.15, 0.2) is 0 Å². The molecule has 0 saturated carbocycles. The van der Waals surface area contributed by atoms with E-state index in [0.717, 1.165) is 5.56 Å². The average Bonchev–Trinajstić information content (AvgIpc) is 2.44. The molecule has 0 saturated heterocycles. The van der Waals surface area contributed by atoms with Crippen molar-refractivity contribution in [1.82, 2.24) is 14.1 Å². The Morgan fingerprint density at radius 2 is 2.16 bits per heavy atom. The number of hydrazine groups is 1. The largest absolute Gasteiger partial charge is 0.331 e. The molecular formula is C12H15N5O2. The van der Waals surface area contributed by atoms with Crippen LogP contribution in [0.25, 0.3) is 0 Å². The number of nitrogens with zero attached hydrogens (tertiary/aromatic N) is 3. The Balaban J connectivity index is 2.43. The second kappa shape index (κ2) is 5.49. The van der Waals surface area contributed by atoms with Crippen LogP contribution in [0.2, 0.25) is 0 Å². The predicted octanol–water partition coefficient (Wildman–Crippen LogP) is -0.241. The third kappa shape index (κ3) is 2.71. The highest BCUT2D eigenvalue weighted by Crippen LogP contribution is 2.05. The van der Waals surface area contributed by atoms with Crippen molar-refractivity contribution < 1.29 is 0 Å². The summed E-state index contributed by atoms with van der Waals surface area (Å²) in [6.07, 6.45) is 3.07. The summed E-state index contributed by atoms with van der Waals surface area (Å²) in [5.41, 5.74) is 2.55. The molecule has 2 aromatic rings. The second-order valence-corrected chi connectivity index (χ2v) is 4.00. The zero-order valence-corrected chi connectivity index (χ0v) is 10.5. The molecule has 0 aliphatic carbocycles. The van der Waals surface area contributed by atoms with Crippen molar-refractivity contribution in [2.24, 2.45) is 5.84 Å². The first-order chi connectivity index (χ1) is 9.15. The monoisotopic (exact) mass is 261 g/mol. The summed E-state index contributed by atoms with van der Waals surface area (Å²) >= 11 is 0. The Kier molecular flexibility index (Phi) is 3.76. The van der Waals surface area contributed by atoms with Gasteiger partial charge in [-0.1, -0.05) is 0 Å². The molecule has 0 radical (unpaired) electrons. The molecule has 2 rings (SSSR count). The van der Waals surface area contributed by atoms with E-state index >= 15 is 0 Å². The van der Waals surface area contributed by atoms with Crippen LogP contribution in [0.15, 0.2) is 40.2 Å². The minimum absolute atomic E-state index is 0.190. The molecule has 0 aliphatic heterocycles. The molecule has 3 N–H and O–H groups in total. The lowest BCUT2D eigenvalue weighted by Crippen LogP contribution is -2.39. The first-order valence-electron chi connectivity index (χ1n) is 5.87. The van der Waals surface area contributed by atoms with Crippen LogP contribution in [-0.2, 0) is 13.1 Å². The third-order valence-electron chi connectivity index (χ3n) is 2.79. The summed E-state index contributed by atoms with van der Waals surface area (Å²) in [6, 6.07) is 4.80. The third-order valence-corrected chi connectivity index (χ3v) is 2.79. The first kappa shape index (κ1) is 13.0. The first-order valence-corrected chi connectivity index (χ1v) is 5.87. The van der Waals surface area contributed by atoms with Gasteiger partial charge in [-0.25, -0.2) is 15.6 Å². The van der Waals surface area contributed by atoms with Crippen LogP contribution < -0.4 is 22.5 Å². The van der Waals surface area contributed by atoms with E-state index in [-0.39, 0.29) is 17.8 Å². The van der Waals surface area contributed by atoms with Crippen LogP contribution in [-0.4, -0.2) is 14.1 Å². The van der Waals surface area contributed by atoms with Crippen molar-refractivity contribution >= 4 is 5.82 Å². The van der Waals surface area contributed by atoms with Gasteiger partial charge in [0, 0.05) is 25.0 Å². The van der Waals surface area contributed by atoms with E-state index in [9.17, 15) is 9.59 Å². The minimum atomic E-state index is -0.325. The van der Waals surface area contributed by atoms with Gasteiger partial charge in [-0.15, -0.1) is 0 Å².